The summed E-state index contributed by atoms with van der Waals surface area (Å²) in [6, 6.07) is 35.2. The van der Waals surface area contributed by atoms with E-state index in [1.54, 1.807) is 6.20 Å². The van der Waals surface area contributed by atoms with Crippen molar-refractivity contribution in [3.63, 3.8) is 0 Å². The van der Waals surface area contributed by atoms with Crippen molar-refractivity contribution >= 4 is 23.4 Å². The largest absolute Gasteiger partial charge is 0.257 e. The van der Waals surface area contributed by atoms with E-state index in [4.69, 9.17) is 5.10 Å². The average Bonchev–Trinajstić information content (AvgIpc) is 3.30. The zero-order chi connectivity index (χ0) is 20.9. The van der Waals surface area contributed by atoms with Gasteiger partial charge in [-0.1, -0.05) is 78.9 Å². The molecule has 0 radical (unpaired) electrons. The molecule has 0 amide bonds. The van der Waals surface area contributed by atoms with Crippen LogP contribution in [-0.2, 0) is 0 Å². The monoisotopic (exact) mass is 402 g/mol. The zero-order valence-corrected chi connectivity index (χ0v) is 17.0. The third kappa shape index (κ3) is 4.28. The number of nitrogens with zero attached hydrogens (tertiary/aromatic N) is 4. The summed E-state index contributed by atoms with van der Waals surface area (Å²) in [5.74, 6) is 0.701. The van der Waals surface area contributed by atoms with Crippen LogP contribution in [-0.4, -0.2) is 16.9 Å². The predicted molar refractivity (Wildman–Crippen MR) is 127 cm³/mol. The SMILES string of the molecule is C(=Nc1ccccn1)c1ccc(N2N=C(c3ccccc3)C[C@H]2c2ccccc2)cc1. The molecule has 4 nitrogen and oxygen atoms in total. The normalized spacial score (nSPS) is 15.9. The Morgan fingerprint density at radius 3 is 2.19 bits per heavy atom. The summed E-state index contributed by atoms with van der Waals surface area (Å²) in [6.45, 7) is 0. The van der Waals surface area contributed by atoms with Gasteiger partial charge in [-0.05, 0) is 41.0 Å². The topological polar surface area (TPSA) is 40.9 Å². The van der Waals surface area contributed by atoms with Crippen LogP contribution in [0.25, 0.3) is 0 Å². The molecule has 2 heterocycles. The van der Waals surface area contributed by atoms with Crippen LogP contribution in [0.15, 0.2) is 119 Å². The van der Waals surface area contributed by atoms with Gasteiger partial charge in [0.1, 0.15) is 0 Å². The number of pyridine rings is 1. The predicted octanol–water partition coefficient (Wildman–Crippen LogP) is 6.19. The molecule has 0 aliphatic carbocycles. The smallest absolute Gasteiger partial charge is 0.151 e. The Morgan fingerprint density at radius 2 is 1.48 bits per heavy atom. The van der Waals surface area contributed by atoms with Crippen LogP contribution >= 0.6 is 0 Å². The van der Waals surface area contributed by atoms with Crippen LogP contribution in [0, 0.1) is 0 Å². The number of hydrazone groups is 1. The number of aromatic nitrogens is 1. The first-order chi connectivity index (χ1) is 15.4. The van der Waals surface area contributed by atoms with E-state index >= 15 is 0 Å². The highest BCUT2D eigenvalue weighted by Crippen LogP contribution is 2.36. The second-order valence-corrected chi connectivity index (χ2v) is 7.43. The van der Waals surface area contributed by atoms with Crippen LogP contribution in [0.2, 0.25) is 0 Å². The molecule has 0 unspecified atom stereocenters. The van der Waals surface area contributed by atoms with E-state index in [1.807, 2.05) is 30.5 Å². The van der Waals surface area contributed by atoms with E-state index in [0.717, 1.165) is 23.4 Å². The second kappa shape index (κ2) is 8.76. The van der Waals surface area contributed by atoms with Gasteiger partial charge in [-0.3, -0.25) is 5.01 Å². The molecule has 3 aromatic carbocycles. The molecule has 1 aliphatic heterocycles. The van der Waals surface area contributed by atoms with E-state index in [9.17, 15) is 0 Å². The molecule has 4 heteroatoms. The van der Waals surface area contributed by atoms with Gasteiger partial charge >= 0.3 is 0 Å². The van der Waals surface area contributed by atoms with Gasteiger partial charge in [0.25, 0.3) is 0 Å². The van der Waals surface area contributed by atoms with Crippen molar-refractivity contribution in [1.29, 1.82) is 0 Å². The Balaban J connectivity index is 1.44. The highest BCUT2D eigenvalue weighted by Gasteiger charge is 2.29. The van der Waals surface area contributed by atoms with Gasteiger partial charge in [-0.2, -0.15) is 5.10 Å². The van der Waals surface area contributed by atoms with Gasteiger partial charge in [0.2, 0.25) is 0 Å². The lowest BCUT2D eigenvalue weighted by Gasteiger charge is -2.24. The standard InChI is InChI=1S/C27H22N4/c1-3-9-22(10-4-1)25-19-26(23-11-5-2-6-12-23)31(30-25)24-16-14-21(15-17-24)20-29-27-13-7-8-18-28-27/h1-18,20,26H,19H2/t26-/m0/s1. The van der Waals surface area contributed by atoms with Crippen molar-refractivity contribution in [1.82, 2.24) is 4.98 Å². The maximum atomic E-state index is 5.02. The van der Waals surface area contributed by atoms with E-state index in [0.29, 0.717) is 5.82 Å². The fourth-order valence-electron chi connectivity index (χ4n) is 3.77. The van der Waals surface area contributed by atoms with Crippen molar-refractivity contribution in [3.8, 4) is 0 Å². The molecular formula is C27H22N4. The van der Waals surface area contributed by atoms with E-state index < -0.39 is 0 Å². The second-order valence-electron chi connectivity index (χ2n) is 7.43. The maximum absolute atomic E-state index is 5.02. The summed E-state index contributed by atoms with van der Waals surface area (Å²) in [6.07, 6.45) is 4.45. The summed E-state index contributed by atoms with van der Waals surface area (Å²) in [4.78, 5) is 8.67. The van der Waals surface area contributed by atoms with E-state index in [-0.39, 0.29) is 6.04 Å². The van der Waals surface area contributed by atoms with Crippen LogP contribution in [0.3, 0.4) is 0 Å². The average molecular weight is 403 g/mol. The Kier molecular flexibility index (Phi) is 5.35. The van der Waals surface area contributed by atoms with Gasteiger partial charge in [0.15, 0.2) is 5.82 Å². The number of hydrogen-bond donors (Lipinski definition) is 0. The Morgan fingerprint density at radius 1 is 0.774 bits per heavy atom. The summed E-state index contributed by atoms with van der Waals surface area (Å²) >= 11 is 0. The lowest BCUT2D eigenvalue weighted by molar-refractivity contribution is 0.709. The van der Waals surface area contributed by atoms with Gasteiger partial charge < -0.3 is 0 Å². The number of hydrogen-bond acceptors (Lipinski definition) is 4. The van der Waals surface area contributed by atoms with Crippen LogP contribution in [0.5, 0.6) is 0 Å². The van der Waals surface area contributed by atoms with E-state index in [1.165, 1.54) is 11.1 Å². The van der Waals surface area contributed by atoms with Crippen molar-refractivity contribution in [3.05, 3.63) is 126 Å². The molecule has 0 saturated heterocycles. The maximum Gasteiger partial charge on any atom is 0.151 e. The quantitative estimate of drug-likeness (QED) is 0.374. The minimum atomic E-state index is 0.171. The lowest BCUT2D eigenvalue weighted by atomic mass is 9.98. The number of rotatable bonds is 5. The van der Waals surface area contributed by atoms with Gasteiger partial charge in [-0.25, -0.2) is 9.98 Å². The molecule has 1 aromatic heterocycles. The van der Waals surface area contributed by atoms with E-state index in [2.05, 4.69) is 93.8 Å². The lowest BCUT2D eigenvalue weighted by Crippen LogP contribution is -2.18. The highest BCUT2D eigenvalue weighted by atomic mass is 15.5. The molecular weight excluding hydrogens is 380 g/mol. The van der Waals surface area contributed by atoms with Crippen LogP contribution in [0.4, 0.5) is 11.5 Å². The molecule has 4 aromatic rings. The Bertz CT molecular complexity index is 1180. The summed E-state index contributed by atoms with van der Waals surface area (Å²) in [7, 11) is 0. The first kappa shape index (κ1) is 18.9. The molecule has 1 aliphatic rings. The first-order valence-corrected chi connectivity index (χ1v) is 10.4. The summed E-state index contributed by atoms with van der Waals surface area (Å²) < 4.78 is 0. The van der Waals surface area contributed by atoms with Crippen LogP contribution in [0.1, 0.15) is 29.2 Å². The Hall–Kier alpha value is -4.05. The number of benzene rings is 3. The van der Waals surface area contributed by atoms with Crippen molar-refractivity contribution in [2.75, 3.05) is 5.01 Å². The third-order valence-corrected chi connectivity index (χ3v) is 5.35. The summed E-state index contributed by atoms with van der Waals surface area (Å²) in [5.41, 5.74) is 5.63. The first-order valence-electron chi connectivity index (χ1n) is 10.4. The minimum Gasteiger partial charge on any atom is -0.257 e. The fraction of sp³-hybridized carbons (Fsp3) is 0.0741. The molecule has 0 spiro atoms. The minimum absolute atomic E-state index is 0.171. The summed E-state index contributed by atoms with van der Waals surface area (Å²) in [5, 5.41) is 7.15. The zero-order valence-electron chi connectivity index (χ0n) is 17.0. The fourth-order valence-corrected chi connectivity index (χ4v) is 3.77. The molecule has 0 bridgehead atoms. The molecule has 5 rings (SSSR count). The highest BCUT2D eigenvalue weighted by molar-refractivity contribution is 6.03. The van der Waals surface area contributed by atoms with Gasteiger partial charge in [0.05, 0.1) is 17.4 Å². The Labute approximate surface area is 182 Å². The molecule has 31 heavy (non-hydrogen) atoms. The number of anilines is 1. The molecule has 0 N–H and O–H groups in total. The van der Waals surface area contributed by atoms with Gasteiger partial charge in [0, 0.05) is 18.8 Å². The molecule has 0 fully saturated rings. The van der Waals surface area contributed by atoms with Crippen molar-refractivity contribution < 1.29 is 0 Å². The molecule has 1 atom stereocenters. The van der Waals surface area contributed by atoms with Crippen LogP contribution < -0.4 is 5.01 Å². The number of aliphatic imine (C=N–C) groups is 1. The molecule has 150 valence electrons. The van der Waals surface area contributed by atoms with Crippen molar-refractivity contribution in [2.24, 2.45) is 10.1 Å². The third-order valence-electron chi connectivity index (χ3n) is 5.35. The molecule has 0 saturated carbocycles. The van der Waals surface area contributed by atoms with Crippen molar-refractivity contribution in [2.45, 2.75) is 12.5 Å². The van der Waals surface area contributed by atoms with Gasteiger partial charge in [-0.15, -0.1) is 0 Å².